The van der Waals surface area contributed by atoms with E-state index in [1.165, 1.54) is 0 Å². The van der Waals surface area contributed by atoms with Crippen LogP contribution in [0.25, 0.3) is 11.5 Å². The van der Waals surface area contributed by atoms with Gasteiger partial charge in [-0.05, 0) is 100 Å². The molecule has 238 valence electrons. The Hall–Kier alpha value is -4.62. The second kappa shape index (κ2) is 12.0. The van der Waals surface area contributed by atoms with E-state index in [-0.39, 0.29) is 6.10 Å². The fourth-order valence-electron chi connectivity index (χ4n) is 7.92. The van der Waals surface area contributed by atoms with E-state index in [2.05, 4.69) is 53.2 Å². The van der Waals surface area contributed by atoms with E-state index in [1.54, 1.807) is 7.11 Å². The lowest BCUT2D eigenvalue weighted by atomic mass is 9.68. The van der Waals surface area contributed by atoms with Gasteiger partial charge in [-0.3, -0.25) is 4.90 Å². The molecule has 3 aliphatic rings. The van der Waals surface area contributed by atoms with Crippen LogP contribution < -0.4 is 20.1 Å². The molecule has 10 nitrogen and oxygen atoms in total. The predicted octanol–water partition coefficient (Wildman–Crippen LogP) is 5.66. The Morgan fingerprint density at radius 1 is 1.15 bits per heavy atom. The van der Waals surface area contributed by atoms with Crippen LogP contribution in [0.3, 0.4) is 0 Å². The van der Waals surface area contributed by atoms with Crippen molar-refractivity contribution in [3.63, 3.8) is 0 Å². The summed E-state index contributed by atoms with van der Waals surface area (Å²) in [4.78, 5) is 14.4. The molecule has 1 aliphatic heterocycles. The van der Waals surface area contributed by atoms with Crippen molar-refractivity contribution in [2.45, 2.75) is 76.0 Å². The molecule has 0 amide bonds. The highest BCUT2D eigenvalue weighted by molar-refractivity contribution is 5.68. The number of aryl methyl sites for hydroxylation is 1. The number of hydrogen-bond acceptors (Lipinski definition) is 10. The second-order valence-electron chi connectivity index (χ2n) is 13.1. The lowest BCUT2D eigenvalue weighted by molar-refractivity contribution is 0.117. The zero-order valence-corrected chi connectivity index (χ0v) is 27.0. The summed E-state index contributed by atoms with van der Waals surface area (Å²) in [6.45, 7) is 3.82. The quantitative estimate of drug-likeness (QED) is 0.247. The van der Waals surface area contributed by atoms with Gasteiger partial charge in [-0.1, -0.05) is 23.4 Å². The number of methoxy groups -OCH3 is 1. The molecule has 2 aliphatic carbocycles. The van der Waals surface area contributed by atoms with Gasteiger partial charge in [0.15, 0.2) is 17.3 Å². The Morgan fingerprint density at radius 3 is 2.72 bits per heavy atom. The van der Waals surface area contributed by atoms with Crippen LogP contribution in [0.15, 0.2) is 47.0 Å². The molecule has 1 fully saturated rings. The molecule has 0 saturated carbocycles. The Labute approximate surface area is 270 Å². The first kappa shape index (κ1) is 30.1. The average Bonchev–Trinajstić information content (AvgIpc) is 3.79. The van der Waals surface area contributed by atoms with Gasteiger partial charge >= 0.3 is 0 Å². The average molecular weight is 620 g/mol. The first-order valence-electron chi connectivity index (χ1n) is 16.2. The lowest BCUT2D eigenvalue weighted by Crippen LogP contribution is -2.38. The van der Waals surface area contributed by atoms with Crippen LogP contribution in [0.5, 0.6) is 11.6 Å². The Bertz CT molecular complexity index is 1800. The number of nitriles is 1. The number of nitrogen functional groups attached to an aromatic ring is 1. The summed E-state index contributed by atoms with van der Waals surface area (Å²) in [6.07, 6.45) is 6.54. The monoisotopic (exact) mass is 619 g/mol. The highest BCUT2D eigenvalue weighted by atomic mass is 16.5. The van der Waals surface area contributed by atoms with Crippen LogP contribution in [-0.2, 0) is 24.8 Å². The molecule has 2 N–H and O–H groups in total. The van der Waals surface area contributed by atoms with Gasteiger partial charge in [-0.15, -0.1) is 0 Å². The highest BCUT2D eigenvalue weighted by Crippen LogP contribution is 2.54. The topological polar surface area (TPSA) is 127 Å². The number of fused-ring (bicyclic) bond motifs is 4. The minimum absolute atomic E-state index is 0.0469. The third-order valence-corrected chi connectivity index (χ3v) is 10.3. The summed E-state index contributed by atoms with van der Waals surface area (Å²) in [5.74, 6) is 3.37. The molecule has 1 spiro atoms. The van der Waals surface area contributed by atoms with E-state index >= 15 is 0 Å². The van der Waals surface area contributed by atoms with Gasteiger partial charge in [0.1, 0.15) is 23.7 Å². The molecule has 2 aromatic heterocycles. The summed E-state index contributed by atoms with van der Waals surface area (Å²) in [5.41, 5.74) is 11.9. The van der Waals surface area contributed by atoms with Gasteiger partial charge in [-0.25, -0.2) is 4.98 Å². The molecule has 7 rings (SSSR count). The summed E-state index contributed by atoms with van der Waals surface area (Å²) in [5, 5.41) is 14.8. The van der Waals surface area contributed by atoms with Crippen LogP contribution >= 0.6 is 0 Å². The van der Waals surface area contributed by atoms with Crippen LogP contribution in [-0.4, -0.2) is 59.9 Å². The third kappa shape index (κ3) is 5.13. The summed E-state index contributed by atoms with van der Waals surface area (Å²) in [6, 6.07) is 16.6. The van der Waals surface area contributed by atoms with Gasteiger partial charge in [0.2, 0.25) is 5.88 Å². The third-order valence-electron chi connectivity index (χ3n) is 10.3. The minimum atomic E-state index is -0.432. The number of aromatic nitrogens is 3. The number of likely N-dealkylation sites (N-methyl/N-ethyl adjacent to an activating group) is 1. The normalized spacial score (nSPS) is 21.1. The maximum atomic E-state index is 10.1. The van der Waals surface area contributed by atoms with Crippen molar-refractivity contribution >= 4 is 11.5 Å². The van der Waals surface area contributed by atoms with Crippen molar-refractivity contribution in [1.29, 1.82) is 5.26 Å². The van der Waals surface area contributed by atoms with E-state index in [1.807, 2.05) is 31.3 Å². The zero-order valence-electron chi connectivity index (χ0n) is 27.0. The standard InChI is InChI=1S/C36H41N7O3/c1-22(29-8-6-18-42(29)2)45-31-19-30(43(3)21-23-9-12-25(44-4)13-10-23)39-35(40-31)33-26-7-5-16-36(34(26)46-41-33)17-15-24-11-14-28(38)27(20-37)32(24)36/h9-14,19,22,29H,5-8,15-18,21,38H2,1-4H3. The molecule has 10 heteroatoms. The number of rotatable bonds is 8. The van der Waals surface area contributed by atoms with Crippen molar-refractivity contribution in [3.8, 4) is 29.2 Å². The van der Waals surface area contributed by atoms with Crippen LogP contribution in [0, 0.1) is 11.3 Å². The van der Waals surface area contributed by atoms with Crippen molar-refractivity contribution in [2.75, 3.05) is 38.4 Å². The fraction of sp³-hybridized carbons (Fsp3) is 0.444. The van der Waals surface area contributed by atoms with Gasteiger partial charge in [0.05, 0.1) is 18.1 Å². The van der Waals surface area contributed by atoms with E-state index < -0.39 is 5.41 Å². The molecule has 1 saturated heterocycles. The number of nitrogens with two attached hydrogens (primary N) is 1. The zero-order chi connectivity index (χ0) is 32.0. The minimum Gasteiger partial charge on any atom is -0.497 e. The molecule has 0 radical (unpaired) electrons. The molecule has 0 bridgehead atoms. The SMILES string of the molecule is COc1ccc(CN(C)c2cc(OC(C)C3CCCN3C)nc(-c3noc4c3CCCC43CCc4ccc(N)c(C#N)c43)n2)cc1. The lowest BCUT2D eigenvalue weighted by Gasteiger charge is -2.33. The smallest absolute Gasteiger partial charge is 0.219 e. The van der Waals surface area contributed by atoms with Crippen molar-refractivity contribution < 1.29 is 14.0 Å². The molecular weight excluding hydrogens is 578 g/mol. The molecular formula is C36H41N7O3. The predicted molar refractivity (Wildman–Crippen MR) is 176 cm³/mol. The van der Waals surface area contributed by atoms with E-state index in [0.29, 0.717) is 41.2 Å². The molecule has 4 aromatic rings. The van der Waals surface area contributed by atoms with Crippen molar-refractivity contribution in [3.05, 3.63) is 76.0 Å². The first-order valence-corrected chi connectivity index (χ1v) is 16.2. The summed E-state index contributed by atoms with van der Waals surface area (Å²) < 4.78 is 18.2. The van der Waals surface area contributed by atoms with Crippen LogP contribution in [0.4, 0.5) is 11.5 Å². The Kier molecular flexibility index (Phi) is 7.81. The van der Waals surface area contributed by atoms with E-state index in [4.69, 9.17) is 29.7 Å². The Balaban J connectivity index is 1.28. The number of benzene rings is 2. The van der Waals surface area contributed by atoms with Gasteiger partial charge in [0, 0.05) is 37.0 Å². The molecule has 3 unspecified atom stereocenters. The van der Waals surface area contributed by atoms with Crippen molar-refractivity contribution in [2.24, 2.45) is 0 Å². The van der Waals surface area contributed by atoms with Gasteiger partial charge in [-0.2, -0.15) is 10.2 Å². The summed E-state index contributed by atoms with van der Waals surface area (Å²) in [7, 11) is 5.84. The molecule has 3 atom stereocenters. The highest BCUT2D eigenvalue weighted by Gasteiger charge is 2.49. The van der Waals surface area contributed by atoms with Gasteiger partial charge < -0.3 is 24.6 Å². The number of hydrogen-bond donors (Lipinski definition) is 1. The first-order chi connectivity index (χ1) is 22.3. The number of anilines is 2. The second-order valence-corrected chi connectivity index (χ2v) is 13.1. The van der Waals surface area contributed by atoms with Crippen molar-refractivity contribution in [1.82, 2.24) is 20.0 Å². The number of nitrogens with zero attached hydrogens (tertiary/aromatic N) is 6. The molecule has 2 aromatic carbocycles. The Morgan fingerprint density at radius 2 is 1.98 bits per heavy atom. The van der Waals surface area contributed by atoms with E-state index in [0.717, 1.165) is 91.1 Å². The van der Waals surface area contributed by atoms with Crippen LogP contribution in [0.1, 0.15) is 72.6 Å². The summed E-state index contributed by atoms with van der Waals surface area (Å²) >= 11 is 0. The molecule has 46 heavy (non-hydrogen) atoms. The number of ether oxygens (including phenoxy) is 2. The van der Waals surface area contributed by atoms with Crippen LogP contribution in [0.2, 0.25) is 0 Å². The largest absolute Gasteiger partial charge is 0.497 e. The maximum Gasteiger partial charge on any atom is 0.219 e. The molecule has 3 heterocycles. The maximum absolute atomic E-state index is 10.1. The number of likely N-dealkylation sites (tertiary alicyclic amines) is 1. The van der Waals surface area contributed by atoms with Gasteiger partial charge in [0.25, 0.3) is 0 Å². The fourth-order valence-corrected chi connectivity index (χ4v) is 7.92. The van der Waals surface area contributed by atoms with E-state index in [9.17, 15) is 5.26 Å².